The lowest BCUT2D eigenvalue weighted by molar-refractivity contribution is 0.106. The fourth-order valence-electron chi connectivity index (χ4n) is 1.40. The predicted octanol–water partition coefficient (Wildman–Crippen LogP) is 2.57. The van der Waals surface area contributed by atoms with Gasteiger partial charge in [0.15, 0.2) is 5.69 Å². The molecule has 0 aliphatic carbocycles. The van der Waals surface area contributed by atoms with E-state index in [0.717, 1.165) is 11.5 Å². The van der Waals surface area contributed by atoms with Gasteiger partial charge < -0.3 is 0 Å². The molecule has 0 radical (unpaired) electrons. The van der Waals surface area contributed by atoms with Crippen LogP contribution in [-0.2, 0) is 0 Å². The minimum Gasteiger partial charge on any atom is -0.286 e. The zero-order valence-electron chi connectivity index (χ0n) is 10.9. The lowest BCUT2D eigenvalue weighted by Gasteiger charge is -1.99. The van der Waals surface area contributed by atoms with E-state index in [1.165, 1.54) is 24.3 Å². The Morgan fingerprint density at radius 3 is 2.71 bits per heavy atom. The van der Waals surface area contributed by atoms with Crippen LogP contribution in [0.5, 0.6) is 0 Å². The number of hydrogen-bond donors (Lipinski definition) is 1. The van der Waals surface area contributed by atoms with Crippen LogP contribution in [0.25, 0.3) is 4.85 Å². The zero-order valence-corrected chi connectivity index (χ0v) is 11.7. The van der Waals surface area contributed by atoms with Crippen molar-refractivity contribution in [1.82, 2.24) is 9.36 Å². The average molecular weight is 296 g/mol. The van der Waals surface area contributed by atoms with Gasteiger partial charge in [0.1, 0.15) is 11.9 Å². The SMILES string of the molecule is [C-]#[N+]c1ccc(C(=O)/C(C#N)=N/Nc2nc(C)ns2)cc1. The lowest BCUT2D eigenvalue weighted by Crippen LogP contribution is -2.14. The number of ketones is 1. The molecule has 102 valence electrons. The van der Waals surface area contributed by atoms with E-state index in [1.807, 2.05) is 0 Å². The second-order valence-electron chi connectivity index (χ2n) is 3.82. The Morgan fingerprint density at radius 1 is 1.48 bits per heavy atom. The molecule has 0 fully saturated rings. The van der Waals surface area contributed by atoms with Crippen molar-refractivity contribution in [2.45, 2.75) is 6.92 Å². The lowest BCUT2D eigenvalue weighted by atomic mass is 10.1. The highest BCUT2D eigenvalue weighted by Gasteiger charge is 2.14. The number of rotatable bonds is 4. The molecule has 7 nitrogen and oxygen atoms in total. The summed E-state index contributed by atoms with van der Waals surface area (Å²) in [5.41, 5.74) is 2.95. The maximum Gasteiger partial charge on any atom is 0.223 e. The second kappa shape index (κ2) is 6.37. The summed E-state index contributed by atoms with van der Waals surface area (Å²) in [4.78, 5) is 19.3. The third kappa shape index (κ3) is 3.47. The topological polar surface area (TPSA) is 95.4 Å². The monoisotopic (exact) mass is 296 g/mol. The number of hydrogen-bond acceptors (Lipinski definition) is 7. The van der Waals surface area contributed by atoms with Crippen molar-refractivity contribution in [3.05, 3.63) is 47.1 Å². The molecule has 1 aromatic heterocycles. The van der Waals surface area contributed by atoms with Gasteiger partial charge >= 0.3 is 0 Å². The van der Waals surface area contributed by atoms with Crippen LogP contribution in [0.15, 0.2) is 29.4 Å². The van der Waals surface area contributed by atoms with Crippen LogP contribution in [0, 0.1) is 24.8 Å². The molecule has 0 atom stereocenters. The zero-order chi connectivity index (χ0) is 15.2. The number of hydrazone groups is 1. The van der Waals surface area contributed by atoms with Gasteiger partial charge in [-0.3, -0.25) is 4.79 Å². The summed E-state index contributed by atoms with van der Waals surface area (Å²) in [6.07, 6.45) is 0. The van der Waals surface area contributed by atoms with Gasteiger partial charge in [-0.15, -0.1) is 0 Å². The van der Waals surface area contributed by atoms with E-state index in [9.17, 15) is 4.79 Å². The quantitative estimate of drug-likeness (QED) is 0.405. The molecule has 0 aliphatic rings. The molecule has 0 saturated carbocycles. The highest BCUT2D eigenvalue weighted by molar-refractivity contribution is 7.09. The number of aromatic nitrogens is 2. The molecule has 2 rings (SSSR count). The highest BCUT2D eigenvalue weighted by Crippen LogP contribution is 2.14. The van der Waals surface area contributed by atoms with Gasteiger partial charge in [-0.05, 0) is 6.92 Å². The molecule has 1 heterocycles. The van der Waals surface area contributed by atoms with Crippen molar-refractivity contribution in [2.75, 3.05) is 5.43 Å². The number of anilines is 1. The Balaban J connectivity index is 2.18. The molecule has 0 amide bonds. The molecular formula is C13H8N6OS. The Kier molecular flexibility index (Phi) is 4.34. The van der Waals surface area contributed by atoms with E-state index in [2.05, 4.69) is 24.7 Å². The van der Waals surface area contributed by atoms with E-state index in [1.54, 1.807) is 13.0 Å². The van der Waals surface area contributed by atoms with Gasteiger partial charge in [-0.2, -0.15) is 14.7 Å². The van der Waals surface area contributed by atoms with Crippen LogP contribution in [0.3, 0.4) is 0 Å². The van der Waals surface area contributed by atoms with Crippen LogP contribution >= 0.6 is 11.5 Å². The maximum absolute atomic E-state index is 12.1. The highest BCUT2D eigenvalue weighted by atomic mass is 32.1. The molecule has 1 N–H and O–H groups in total. The molecule has 1 aromatic carbocycles. The van der Waals surface area contributed by atoms with E-state index in [0.29, 0.717) is 16.6 Å². The summed E-state index contributed by atoms with van der Waals surface area (Å²) >= 11 is 1.08. The van der Waals surface area contributed by atoms with E-state index in [4.69, 9.17) is 11.8 Å². The van der Waals surface area contributed by atoms with Gasteiger partial charge in [0.2, 0.25) is 16.6 Å². The number of Topliss-reactive ketones (excluding diaryl/α,β-unsaturated/α-hetero) is 1. The summed E-state index contributed by atoms with van der Waals surface area (Å²) < 4.78 is 3.95. The number of nitriles is 1. The van der Waals surface area contributed by atoms with Crippen molar-refractivity contribution in [3.8, 4) is 6.07 Å². The number of carbonyl (C=O) groups excluding carboxylic acids is 1. The van der Waals surface area contributed by atoms with Crippen molar-refractivity contribution in [1.29, 1.82) is 5.26 Å². The average Bonchev–Trinajstić information content (AvgIpc) is 2.93. The van der Waals surface area contributed by atoms with E-state index >= 15 is 0 Å². The van der Waals surface area contributed by atoms with Crippen LogP contribution in [0.2, 0.25) is 0 Å². The summed E-state index contributed by atoms with van der Waals surface area (Å²) in [5.74, 6) is 0.0556. The predicted molar refractivity (Wildman–Crippen MR) is 78.4 cm³/mol. The third-order valence-corrected chi connectivity index (χ3v) is 3.08. The second-order valence-corrected chi connectivity index (χ2v) is 4.57. The Labute approximate surface area is 124 Å². The first-order chi connectivity index (χ1) is 10.1. The molecule has 8 heteroatoms. The van der Waals surface area contributed by atoms with Gasteiger partial charge in [0.25, 0.3) is 0 Å². The van der Waals surface area contributed by atoms with Gasteiger partial charge in [-0.1, -0.05) is 24.3 Å². The number of nitrogens with zero attached hydrogens (tertiary/aromatic N) is 5. The first kappa shape index (κ1) is 14.3. The molecule has 0 bridgehead atoms. The summed E-state index contributed by atoms with van der Waals surface area (Å²) in [5, 5.41) is 13.2. The Morgan fingerprint density at radius 2 is 2.19 bits per heavy atom. The smallest absolute Gasteiger partial charge is 0.223 e. The molecule has 0 spiro atoms. The minimum atomic E-state index is -0.525. The normalized spacial score (nSPS) is 10.5. The summed E-state index contributed by atoms with van der Waals surface area (Å²) in [6.45, 7) is 8.57. The number of nitrogens with one attached hydrogen (secondary N) is 1. The standard InChI is InChI=1S/C13H8N6OS/c1-8-16-13(21-19-8)18-17-11(7-14)12(20)9-3-5-10(15-2)6-4-9/h3-6H,1H3,(H,16,18,19)/b17-11+. The van der Waals surface area contributed by atoms with Crippen molar-refractivity contribution < 1.29 is 4.79 Å². The number of carbonyl (C=O) groups is 1. The fourth-order valence-corrected chi connectivity index (χ4v) is 1.92. The molecule has 21 heavy (non-hydrogen) atoms. The van der Waals surface area contributed by atoms with Gasteiger partial charge in [0.05, 0.1) is 6.57 Å². The molecular weight excluding hydrogens is 288 g/mol. The first-order valence-electron chi connectivity index (χ1n) is 5.70. The molecule has 0 unspecified atom stereocenters. The largest absolute Gasteiger partial charge is 0.286 e. The van der Waals surface area contributed by atoms with Gasteiger partial charge in [0, 0.05) is 17.1 Å². The Bertz CT molecular complexity index is 778. The maximum atomic E-state index is 12.1. The first-order valence-corrected chi connectivity index (χ1v) is 6.47. The number of aryl methyl sites for hydroxylation is 1. The van der Waals surface area contributed by atoms with Crippen molar-refractivity contribution in [2.24, 2.45) is 5.10 Å². The van der Waals surface area contributed by atoms with Crippen LogP contribution in [0.4, 0.5) is 10.8 Å². The van der Waals surface area contributed by atoms with Crippen molar-refractivity contribution >= 4 is 33.8 Å². The molecule has 0 saturated heterocycles. The van der Waals surface area contributed by atoms with Crippen LogP contribution in [-0.4, -0.2) is 20.9 Å². The molecule has 2 aromatic rings. The van der Waals surface area contributed by atoms with Crippen LogP contribution in [0.1, 0.15) is 16.2 Å². The van der Waals surface area contributed by atoms with Crippen molar-refractivity contribution in [3.63, 3.8) is 0 Å². The third-order valence-electron chi connectivity index (χ3n) is 2.37. The minimum absolute atomic E-state index is 0.290. The van der Waals surface area contributed by atoms with Crippen LogP contribution < -0.4 is 5.43 Å². The Hall–Kier alpha value is -3.10. The molecule has 0 aliphatic heterocycles. The summed E-state index contributed by atoms with van der Waals surface area (Å²) in [7, 11) is 0. The van der Waals surface area contributed by atoms with E-state index < -0.39 is 5.78 Å². The van der Waals surface area contributed by atoms with Gasteiger partial charge in [-0.25, -0.2) is 15.3 Å². The number of benzene rings is 1. The summed E-state index contributed by atoms with van der Waals surface area (Å²) in [6, 6.07) is 7.73. The fraction of sp³-hybridized carbons (Fsp3) is 0.0769. The van der Waals surface area contributed by atoms with E-state index in [-0.39, 0.29) is 11.3 Å².